The van der Waals surface area contributed by atoms with Gasteiger partial charge in [0.1, 0.15) is 6.04 Å². The lowest BCUT2D eigenvalue weighted by Crippen LogP contribution is -2.41. The highest BCUT2D eigenvalue weighted by molar-refractivity contribution is 5.79. The standard InChI is InChI=1S/C8H13NO4/c1-8(2-3-8)4-5(6(10)11)9-7(12)13/h5,9H,2-4H2,1H3,(H,10,11)(H,12,13). The van der Waals surface area contributed by atoms with Crippen LogP contribution in [-0.4, -0.2) is 28.3 Å². The Balaban J connectivity index is 2.47. The van der Waals surface area contributed by atoms with Crippen molar-refractivity contribution in [3.63, 3.8) is 0 Å². The lowest BCUT2D eigenvalue weighted by Gasteiger charge is -2.15. The molecule has 1 amide bonds. The monoisotopic (exact) mass is 187 g/mol. The van der Waals surface area contributed by atoms with Gasteiger partial charge in [0.25, 0.3) is 0 Å². The molecule has 1 fully saturated rings. The first-order valence-corrected chi connectivity index (χ1v) is 4.15. The van der Waals surface area contributed by atoms with Crippen LogP contribution in [0.2, 0.25) is 0 Å². The van der Waals surface area contributed by atoms with Crippen LogP contribution in [0, 0.1) is 5.41 Å². The largest absolute Gasteiger partial charge is 0.480 e. The average molecular weight is 187 g/mol. The first-order valence-electron chi connectivity index (χ1n) is 4.15. The minimum atomic E-state index is -1.28. The molecule has 0 aromatic rings. The molecule has 1 aliphatic carbocycles. The van der Waals surface area contributed by atoms with Gasteiger partial charge in [-0.15, -0.1) is 0 Å². The van der Waals surface area contributed by atoms with Gasteiger partial charge in [0.05, 0.1) is 0 Å². The summed E-state index contributed by atoms with van der Waals surface area (Å²) in [5.74, 6) is -1.10. The van der Waals surface area contributed by atoms with Gasteiger partial charge in [-0.25, -0.2) is 9.59 Å². The third kappa shape index (κ3) is 2.93. The van der Waals surface area contributed by atoms with Crippen LogP contribution in [0.4, 0.5) is 4.79 Å². The zero-order valence-corrected chi connectivity index (χ0v) is 7.41. The second kappa shape index (κ2) is 3.24. The summed E-state index contributed by atoms with van der Waals surface area (Å²) in [6.07, 6.45) is 1.07. The normalized spacial score (nSPS) is 20.4. The van der Waals surface area contributed by atoms with Gasteiger partial charge in [0, 0.05) is 0 Å². The number of aliphatic carboxylic acids is 1. The van der Waals surface area contributed by atoms with Crippen LogP contribution in [0.25, 0.3) is 0 Å². The Kier molecular flexibility index (Phi) is 2.45. The van der Waals surface area contributed by atoms with Crippen molar-refractivity contribution < 1.29 is 19.8 Å². The summed E-state index contributed by atoms with van der Waals surface area (Å²) in [5.41, 5.74) is 0.0332. The molecule has 0 bridgehead atoms. The predicted molar refractivity (Wildman–Crippen MR) is 44.5 cm³/mol. The first-order chi connectivity index (χ1) is 5.93. The summed E-state index contributed by atoms with van der Waals surface area (Å²) in [4.78, 5) is 20.9. The fraction of sp³-hybridized carbons (Fsp3) is 0.750. The van der Waals surface area contributed by atoms with E-state index in [-0.39, 0.29) is 5.41 Å². The second-order valence-corrected chi connectivity index (χ2v) is 3.86. The summed E-state index contributed by atoms with van der Waals surface area (Å²) < 4.78 is 0. The molecular weight excluding hydrogens is 174 g/mol. The van der Waals surface area contributed by atoms with Crippen LogP contribution in [0.5, 0.6) is 0 Å². The van der Waals surface area contributed by atoms with Crippen molar-refractivity contribution in [1.82, 2.24) is 5.32 Å². The molecule has 1 saturated carbocycles. The number of carbonyl (C=O) groups is 2. The van der Waals surface area contributed by atoms with Gasteiger partial charge in [-0.05, 0) is 24.7 Å². The minimum Gasteiger partial charge on any atom is -0.480 e. The van der Waals surface area contributed by atoms with Crippen LogP contribution in [0.3, 0.4) is 0 Å². The molecule has 0 aliphatic heterocycles. The fourth-order valence-corrected chi connectivity index (χ4v) is 1.26. The van der Waals surface area contributed by atoms with Crippen LogP contribution >= 0.6 is 0 Å². The van der Waals surface area contributed by atoms with E-state index in [4.69, 9.17) is 10.2 Å². The number of hydrogen-bond donors (Lipinski definition) is 3. The molecule has 0 heterocycles. The van der Waals surface area contributed by atoms with Gasteiger partial charge >= 0.3 is 12.1 Å². The summed E-state index contributed by atoms with van der Waals surface area (Å²) in [5, 5.41) is 19.1. The fourth-order valence-electron chi connectivity index (χ4n) is 1.26. The Hall–Kier alpha value is -1.26. The van der Waals surface area contributed by atoms with E-state index in [1.54, 1.807) is 0 Å². The van der Waals surface area contributed by atoms with Gasteiger partial charge < -0.3 is 15.5 Å². The van der Waals surface area contributed by atoms with Gasteiger partial charge in [-0.1, -0.05) is 6.92 Å². The van der Waals surface area contributed by atoms with E-state index in [0.717, 1.165) is 12.8 Å². The van der Waals surface area contributed by atoms with E-state index in [0.29, 0.717) is 6.42 Å². The SMILES string of the molecule is CC1(CC(NC(=O)O)C(=O)O)CC1. The summed E-state index contributed by atoms with van der Waals surface area (Å²) in [7, 11) is 0. The van der Waals surface area contributed by atoms with Crippen molar-refractivity contribution in [3.05, 3.63) is 0 Å². The topological polar surface area (TPSA) is 86.6 Å². The summed E-state index contributed by atoms with van der Waals surface area (Å²) in [6, 6.07) is -0.968. The van der Waals surface area contributed by atoms with E-state index >= 15 is 0 Å². The molecule has 5 heteroatoms. The highest BCUT2D eigenvalue weighted by Crippen LogP contribution is 2.48. The smallest absolute Gasteiger partial charge is 0.405 e. The Morgan fingerprint density at radius 1 is 1.46 bits per heavy atom. The van der Waals surface area contributed by atoms with Crippen LogP contribution in [0.15, 0.2) is 0 Å². The minimum absolute atomic E-state index is 0.0332. The molecular formula is C8H13NO4. The summed E-state index contributed by atoms with van der Waals surface area (Å²) >= 11 is 0. The van der Waals surface area contributed by atoms with Crippen molar-refractivity contribution in [2.24, 2.45) is 5.41 Å². The maximum atomic E-state index is 10.6. The molecule has 74 valence electrons. The number of amides is 1. The Morgan fingerprint density at radius 2 is 2.00 bits per heavy atom. The molecule has 1 aliphatic rings. The van der Waals surface area contributed by atoms with Crippen molar-refractivity contribution in [3.8, 4) is 0 Å². The van der Waals surface area contributed by atoms with Crippen molar-refractivity contribution in [2.45, 2.75) is 32.2 Å². The van der Waals surface area contributed by atoms with E-state index in [1.165, 1.54) is 0 Å². The predicted octanol–water partition coefficient (Wildman–Crippen LogP) is 0.897. The first kappa shape index (κ1) is 9.83. The maximum Gasteiger partial charge on any atom is 0.405 e. The molecule has 0 aromatic carbocycles. The summed E-state index contributed by atoms with van der Waals surface area (Å²) in [6.45, 7) is 1.96. The van der Waals surface area contributed by atoms with Crippen molar-refractivity contribution >= 4 is 12.1 Å². The van der Waals surface area contributed by atoms with Gasteiger partial charge in [0.15, 0.2) is 0 Å². The lowest BCUT2D eigenvalue weighted by molar-refractivity contribution is -0.139. The zero-order valence-electron chi connectivity index (χ0n) is 7.41. The highest BCUT2D eigenvalue weighted by atomic mass is 16.4. The lowest BCUT2D eigenvalue weighted by atomic mass is 9.99. The van der Waals surface area contributed by atoms with E-state index in [9.17, 15) is 9.59 Å². The van der Waals surface area contributed by atoms with Gasteiger partial charge in [-0.2, -0.15) is 0 Å². The molecule has 5 nitrogen and oxygen atoms in total. The van der Waals surface area contributed by atoms with Crippen molar-refractivity contribution in [1.29, 1.82) is 0 Å². The van der Waals surface area contributed by atoms with E-state index < -0.39 is 18.1 Å². The quantitative estimate of drug-likeness (QED) is 0.610. The number of rotatable bonds is 4. The Morgan fingerprint density at radius 3 is 2.31 bits per heavy atom. The molecule has 0 saturated heterocycles. The van der Waals surface area contributed by atoms with Crippen molar-refractivity contribution in [2.75, 3.05) is 0 Å². The second-order valence-electron chi connectivity index (χ2n) is 3.86. The van der Waals surface area contributed by atoms with Crippen LogP contribution < -0.4 is 5.32 Å². The molecule has 0 spiro atoms. The highest BCUT2D eigenvalue weighted by Gasteiger charge is 2.41. The third-order valence-electron chi connectivity index (χ3n) is 2.40. The molecule has 1 rings (SSSR count). The average Bonchev–Trinajstić information content (AvgIpc) is 2.65. The Labute approximate surface area is 75.7 Å². The number of carboxylic acid groups (broad SMARTS) is 2. The Bertz CT molecular complexity index is 234. The van der Waals surface area contributed by atoms with E-state index in [1.807, 2.05) is 12.2 Å². The molecule has 13 heavy (non-hydrogen) atoms. The van der Waals surface area contributed by atoms with Crippen LogP contribution in [0.1, 0.15) is 26.2 Å². The number of nitrogens with one attached hydrogen (secondary N) is 1. The maximum absolute atomic E-state index is 10.6. The molecule has 0 aromatic heterocycles. The zero-order chi connectivity index (χ0) is 10.1. The molecule has 1 atom stereocenters. The van der Waals surface area contributed by atoms with Gasteiger partial charge in [-0.3, -0.25) is 0 Å². The molecule has 3 N–H and O–H groups in total. The van der Waals surface area contributed by atoms with Gasteiger partial charge in [0.2, 0.25) is 0 Å². The molecule has 1 unspecified atom stereocenters. The third-order valence-corrected chi connectivity index (χ3v) is 2.40. The molecule has 0 radical (unpaired) electrons. The van der Waals surface area contributed by atoms with Crippen LogP contribution in [-0.2, 0) is 4.79 Å². The van der Waals surface area contributed by atoms with E-state index in [2.05, 4.69) is 0 Å². The number of carboxylic acids is 1. The number of hydrogen-bond acceptors (Lipinski definition) is 2.